The van der Waals surface area contributed by atoms with Crippen LogP contribution in [-0.4, -0.2) is 33.8 Å². The number of hydrazone groups is 1. The van der Waals surface area contributed by atoms with Crippen molar-refractivity contribution in [1.82, 2.24) is 9.55 Å². The standard InChI is InChI=1S/C13H12ClN5O4/c1-18-9(6-15-13(18)19(21)22)7-16-17-11-5-8(12(20)23-2)3-4-10(11)14/h3-7,17H,1-2H3. The number of carbonyl (C=O) groups is 1. The number of anilines is 1. The van der Waals surface area contributed by atoms with E-state index in [1.807, 2.05) is 0 Å². The van der Waals surface area contributed by atoms with Gasteiger partial charge in [-0.15, -0.1) is 0 Å². The van der Waals surface area contributed by atoms with Crippen molar-refractivity contribution >= 4 is 35.4 Å². The van der Waals surface area contributed by atoms with E-state index < -0.39 is 10.9 Å². The molecule has 120 valence electrons. The first-order valence-corrected chi connectivity index (χ1v) is 6.65. The number of benzene rings is 1. The Balaban J connectivity index is 2.17. The summed E-state index contributed by atoms with van der Waals surface area (Å²) in [6, 6.07) is 4.53. The van der Waals surface area contributed by atoms with Crippen LogP contribution in [0, 0.1) is 10.1 Å². The van der Waals surface area contributed by atoms with Gasteiger partial charge in [0.25, 0.3) is 0 Å². The topological polar surface area (TPSA) is 112 Å². The van der Waals surface area contributed by atoms with Crippen molar-refractivity contribution in [1.29, 1.82) is 0 Å². The zero-order valence-corrected chi connectivity index (χ0v) is 12.9. The highest BCUT2D eigenvalue weighted by Gasteiger charge is 2.15. The van der Waals surface area contributed by atoms with Crippen LogP contribution in [0.25, 0.3) is 0 Å². The van der Waals surface area contributed by atoms with Crippen LogP contribution in [0.1, 0.15) is 16.1 Å². The van der Waals surface area contributed by atoms with Crippen LogP contribution >= 0.6 is 11.6 Å². The molecule has 0 unspecified atom stereocenters. The normalized spacial score (nSPS) is 10.7. The SMILES string of the molecule is COC(=O)c1ccc(Cl)c(NN=Cc2cnc([N+](=O)[O-])n2C)c1. The number of nitrogens with zero attached hydrogens (tertiary/aromatic N) is 4. The van der Waals surface area contributed by atoms with Gasteiger partial charge in [0.05, 0.1) is 36.6 Å². The highest BCUT2D eigenvalue weighted by molar-refractivity contribution is 6.33. The molecule has 10 heteroatoms. The van der Waals surface area contributed by atoms with E-state index in [9.17, 15) is 14.9 Å². The molecule has 1 N–H and O–H groups in total. The van der Waals surface area contributed by atoms with Gasteiger partial charge in [0, 0.05) is 0 Å². The molecule has 2 rings (SSSR count). The number of nitrogens with one attached hydrogen (secondary N) is 1. The van der Waals surface area contributed by atoms with Gasteiger partial charge in [-0.05, 0) is 23.1 Å². The third kappa shape index (κ3) is 3.64. The molecule has 0 amide bonds. The van der Waals surface area contributed by atoms with E-state index in [1.165, 1.54) is 49.3 Å². The van der Waals surface area contributed by atoms with Gasteiger partial charge in [0.1, 0.15) is 6.20 Å². The van der Waals surface area contributed by atoms with Crippen LogP contribution in [-0.2, 0) is 11.8 Å². The molecule has 2 aromatic rings. The summed E-state index contributed by atoms with van der Waals surface area (Å²) in [6.07, 6.45) is 2.66. The highest BCUT2D eigenvalue weighted by Crippen LogP contribution is 2.23. The Bertz CT molecular complexity index is 787. The number of hydrogen-bond acceptors (Lipinski definition) is 7. The largest absolute Gasteiger partial charge is 0.465 e. The third-order valence-corrected chi connectivity index (χ3v) is 3.26. The lowest BCUT2D eigenvalue weighted by molar-refractivity contribution is -0.396. The van der Waals surface area contributed by atoms with Gasteiger partial charge in [0.15, 0.2) is 5.69 Å². The summed E-state index contributed by atoms with van der Waals surface area (Å²) >= 11 is 6.01. The molecule has 0 spiro atoms. The van der Waals surface area contributed by atoms with Crippen molar-refractivity contribution in [3.63, 3.8) is 0 Å². The zero-order chi connectivity index (χ0) is 17.0. The molecule has 0 aliphatic rings. The van der Waals surface area contributed by atoms with Crippen LogP contribution < -0.4 is 5.43 Å². The molecule has 1 aromatic carbocycles. The smallest absolute Gasteiger partial charge is 0.434 e. The number of halogens is 1. The van der Waals surface area contributed by atoms with Crippen molar-refractivity contribution in [3.05, 3.63) is 50.8 Å². The first kappa shape index (κ1) is 16.4. The van der Waals surface area contributed by atoms with Crippen molar-refractivity contribution < 1.29 is 14.5 Å². The van der Waals surface area contributed by atoms with Crippen molar-refractivity contribution in [2.75, 3.05) is 12.5 Å². The van der Waals surface area contributed by atoms with Gasteiger partial charge in [-0.1, -0.05) is 16.6 Å². The maximum absolute atomic E-state index is 11.5. The lowest BCUT2D eigenvalue weighted by Gasteiger charge is -2.05. The molecule has 0 radical (unpaired) electrons. The zero-order valence-electron chi connectivity index (χ0n) is 12.2. The average Bonchev–Trinajstić information content (AvgIpc) is 2.89. The molecular formula is C13H12ClN5O4. The number of hydrogen-bond donors (Lipinski definition) is 1. The molecule has 0 saturated carbocycles. The van der Waals surface area contributed by atoms with E-state index >= 15 is 0 Å². The maximum Gasteiger partial charge on any atom is 0.434 e. The Morgan fingerprint density at radius 3 is 2.91 bits per heavy atom. The van der Waals surface area contributed by atoms with E-state index in [-0.39, 0.29) is 5.95 Å². The summed E-state index contributed by atoms with van der Waals surface area (Å²) in [5.74, 6) is -0.798. The number of esters is 1. The molecular weight excluding hydrogens is 326 g/mol. The molecule has 23 heavy (non-hydrogen) atoms. The highest BCUT2D eigenvalue weighted by atomic mass is 35.5. The van der Waals surface area contributed by atoms with Gasteiger partial charge < -0.3 is 14.9 Å². The van der Waals surface area contributed by atoms with Crippen LogP contribution in [0.15, 0.2) is 29.5 Å². The van der Waals surface area contributed by atoms with Gasteiger partial charge in [0.2, 0.25) is 0 Å². The predicted octanol–water partition coefficient (Wildman–Crippen LogP) is 2.21. The van der Waals surface area contributed by atoms with E-state index in [1.54, 1.807) is 0 Å². The predicted molar refractivity (Wildman–Crippen MR) is 83.9 cm³/mol. The van der Waals surface area contributed by atoms with E-state index in [0.29, 0.717) is 22.0 Å². The Hall–Kier alpha value is -2.94. The van der Waals surface area contributed by atoms with Crippen LogP contribution in [0.4, 0.5) is 11.6 Å². The summed E-state index contributed by atoms with van der Waals surface area (Å²) in [4.78, 5) is 25.3. The fraction of sp³-hybridized carbons (Fsp3) is 0.154. The van der Waals surface area contributed by atoms with E-state index in [2.05, 4.69) is 20.2 Å². The van der Waals surface area contributed by atoms with Gasteiger partial charge in [-0.2, -0.15) is 5.10 Å². The molecule has 1 heterocycles. The second kappa shape index (κ2) is 6.88. The molecule has 0 bridgehead atoms. The van der Waals surface area contributed by atoms with E-state index in [0.717, 1.165) is 0 Å². The lowest BCUT2D eigenvalue weighted by atomic mass is 10.2. The third-order valence-electron chi connectivity index (χ3n) is 2.93. The van der Waals surface area contributed by atoms with Crippen molar-refractivity contribution in [2.24, 2.45) is 12.1 Å². The van der Waals surface area contributed by atoms with Crippen LogP contribution in [0.5, 0.6) is 0 Å². The lowest BCUT2D eigenvalue weighted by Crippen LogP contribution is -2.03. The first-order chi connectivity index (χ1) is 10.9. The fourth-order valence-corrected chi connectivity index (χ4v) is 1.89. The number of aromatic nitrogens is 2. The van der Waals surface area contributed by atoms with Crippen molar-refractivity contribution in [3.8, 4) is 0 Å². The number of carbonyl (C=O) groups excluding carboxylic acids is 1. The minimum Gasteiger partial charge on any atom is -0.465 e. The number of methoxy groups -OCH3 is 1. The molecule has 0 aliphatic heterocycles. The van der Waals surface area contributed by atoms with Crippen molar-refractivity contribution in [2.45, 2.75) is 0 Å². The summed E-state index contributed by atoms with van der Waals surface area (Å²) in [6.45, 7) is 0. The quantitative estimate of drug-likeness (QED) is 0.387. The number of rotatable bonds is 5. The fourth-order valence-electron chi connectivity index (χ4n) is 1.73. The summed E-state index contributed by atoms with van der Waals surface area (Å²) in [5.41, 5.74) is 3.79. The molecule has 0 aliphatic carbocycles. The minimum atomic E-state index is -0.596. The number of ether oxygens (including phenoxy) is 1. The molecule has 9 nitrogen and oxygen atoms in total. The molecule has 0 saturated heterocycles. The summed E-state index contributed by atoms with van der Waals surface area (Å²) < 4.78 is 5.90. The summed E-state index contributed by atoms with van der Waals surface area (Å²) in [7, 11) is 2.77. The first-order valence-electron chi connectivity index (χ1n) is 6.27. The minimum absolute atomic E-state index is 0.294. The van der Waals surface area contributed by atoms with Gasteiger partial charge in [-0.3, -0.25) is 5.43 Å². The maximum atomic E-state index is 11.5. The Morgan fingerprint density at radius 2 is 2.30 bits per heavy atom. The summed E-state index contributed by atoms with van der Waals surface area (Å²) in [5, 5.41) is 15.0. The van der Waals surface area contributed by atoms with E-state index in [4.69, 9.17) is 11.6 Å². The molecule has 1 aromatic heterocycles. The van der Waals surface area contributed by atoms with Gasteiger partial charge >= 0.3 is 11.9 Å². The molecule has 0 atom stereocenters. The Labute approximate surface area is 135 Å². The average molecular weight is 338 g/mol. The number of nitro groups is 1. The number of imidazole rings is 1. The second-order valence-corrected chi connectivity index (χ2v) is 4.76. The van der Waals surface area contributed by atoms with Crippen LogP contribution in [0.2, 0.25) is 5.02 Å². The monoisotopic (exact) mass is 337 g/mol. The van der Waals surface area contributed by atoms with Crippen LogP contribution in [0.3, 0.4) is 0 Å². The second-order valence-electron chi connectivity index (χ2n) is 4.36. The van der Waals surface area contributed by atoms with Gasteiger partial charge in [-0.25, -0.2) is 9.36 Å². The Morgan fingerprint density at radius 1 is 1.57 bits per heavy atom. The Kier molecular flexibility index (Phi) is 4.91. The molecule has 0 fully saturated rings.